The molecule has 1 aliphatic heterocycles. The molecule has 0 aliphatic carbocycles. The van der Waals surface area contributed by atoms with Crippen LogP contribution in [0.1, 0.15) is 25.3 Å². The van der Waals surface area contributed by atoms with E-state index < -0.39 is 5.41 Å². The second kappa shape index (κ2) is 4.88. The molecule has 92 valence electrons. The quantitative estimate of drug-likeness (QED) is 0.828. The Labute approximate surface area is 102 Å². The zero-order valence-electron chi connectivity index (χ0n) is 10.3. The first-order valence-electron chi connectivity index (χ1n) is 6.22. The van der Waals surface area contributed by atoms with Gasteiger partial charge in [-0.1, -0.05) is 30.3 Å². The van der Waals surface area contributed by atoms with E-state index in [1.54, 1.807) is 0 Å². The molecule has 2 atom stereocenters. The van der Waals surface area contributed by atoms with Crippen molar-refractivity contribution in [2.45, 2.75) is 25.2 Å². The van der Waals surface area contributed by atoms with Crippen LogP contribution in [-0.2, 0) is 10.2 Å². The Balaban J connectivity index is 2.35. The molecule has 1 saturated heterocycles. The number of nitrogens with two attached hydrogens (primary N) is 1. The van der Waals surface area contributed by atoms with Gasteiger partial charge >= 0.3 is 0 Å². The van der Waals surface area contributed by atoms with E-state index in [4.69, 9.17) is 5.73 Å². The molecule has 0 bridgehead atoms. The number of nitrogens with one attached hydrogen (secondary N) is 1. The number of rotatable bonds is 3. The van der Waals surface area contributed by atoms with Crippen LogP contribution in [0.3, 0.4) is 0 Å². The Morgan fingerprint density at radius 3 is 2.65 bits per heavy atom. The number of hydrogen-bond donors (Lipinski definition) is 2. The minimum absolute atomic E-state index is 0.225. The molecule has 17 heavy (non-hydrogen) atoms. The van der Waals surface area contributed by atoms with Crippen LogP contribution in [0.2, 0.25) is 0 Å². The SMILES string of the molecule is CC(C(N)=O)(c1ccccc1)C1CCCNC1. The minimum Gasteiger partial charge on any atom is -0.369 e. The third-order valence-electron chi connectivity index (χ3n) is 4.00. The summed E-state index contributed by atoms with van der Waals surface area (Å²) >= 11 is 0. The molecule has 2 unspecified atom stereocenters. The lowest BCUT2D eigenvalue weighted by Gasteiger charge is -2.38. The third kappa shape index (κ3) is 2.20. The van der Waals surface area contributed by atoms with Gasteiger partial charge in [0, 0.05) is 0 Å². The van der Waals surface area contributed by atoms with E-state index in [9.17, 15) is 4.79 Å². The summed E-state index contributed by atoms with van der Waals surface area (Å²) in [6.07, 6.45) is 2.17. The minimum atomic E-state index is -0.561. The van der Waals surface area contributed by atoms with Crippen molar-refractivity contribution < 1.29 is 4.79 Å². The molecule has 2 rings (SSSR count). The molecule has 1 heterocycles. The number of hydrogen-bond acceptors (Lipinski definition) is 2. The summed E-state index contributed by atoms with van der Waals surface area (Å²) in [6.45, 7) is 3.89. The van der Waals surface area contributed by atoms with E-state index in [0.29, 0.717) is 0 Å². The molecule has 0 spiro atoms. The van der Waals surface area contributed by atoms with Gasteiger partial charge in [0.25, 0.3) is 0 Å². The van der Waals surface area contributed by atoms with Crippen molar-refractivity contribution in [3.05, 3.63) is 35.9 Å². The lowest BCUT2D eigenvalue weighted by molar-refractivity contribution is -0.125. The van der Waals surface area contributed by atoms with Gasteiger partial charge in [-0.2, -0.15) is 0 Å². The van der Waals surface area contributed by atoms with Gasteiger partial charge in [-0.3, -0.25) is 4.79 Å². The van der Waals surface area contributed by atoms with E-state index in [-0.39, 0.29) is 11.8 Å². The van der Waals surface area contributed by atoms with Crippen LogP contribution >= 0.6 is 0 Å². The Morgan fingerprint density at radius 2 is 2.12 bits per heavy atom. The molecule has 1 aromatic carbocycles. The first kappa shape index (κ1) is 12.1. The van der Waals surface area contributed by atoms with Crippen LogP contribution in [0.5, 0.6) is 0 Å². The van der Waals surface area contributed by atoms with Gasteiger partial charge in [0.05, 0.1) is 5.41 Å². The van der Waals surface area contributed by atoms with Gasteiger partial charge in [0.2, 0.25) is 5.91 Å². The molecule has 1 fully saturated rings. The number of primary amides is 1. The summed E-state index contributed by atoms with van der Waals surface area (Å²) in [5, 5.41) is 3.36. The van der Waals surface area contributed by atoms with Crippen molar-refractivity contribution >= 4 is 5.91 Å². The summed E-state index contributed by atoms with van der Waals surface area (Å²) in [5.41, 5.74) is 6.14. The van der Waals surface area contributed by atoms with Crippen LogP contribution in [0.25, 0.3) is 0 Å². The Morgan fingerprint density at radius 1 is 1.41 bits per heavy atom. The molecular formula is C14H20N2O. The van der Waals surface area contributed by atoms with Gasteiger partial charge in [-0.25, -0.2) is 0 Å². The molecule has 1 aliphatic rings. The van der Waals surface area contributed by atoms with Crippen LogP contribution in [-0.4, -0.2) is 19.0 Å². The molecule has 3 nitrogen and oxygen atoms in total. The topological polar surface area (TPSA) is 55.1 Å². The molecule has 1 aromatic rings. The Kier molecular flexibility index (Phi) is 3.48. The molecule has 0 aromatic heterocycles. The highest BCUT2D eigenvalue weighted by atomic mass is 16.1. The number of benzene rings is 1. The summed E-state index contributed by atoms with van der Waals surface area (Å²) in [5.74, 6) is 0.0635. The van der Waals surface area contributed by atoms with Crippen LogP contribution in [0.4, 0.5) is 0 Å². The maximum atomic E-state index is 11.9. The van der Waals surface area contributed by atoms with E-state index in [0.717, 1.165) is 31.5 Å². The highest BCUT2D eigenvalue weighted by Gasteiger charge is 2.41. The van der Waals surface area contributed by atoms with Gasteiger partial charge in [-0.05, 0) is 44.3 Å². The normalized spacial score (nSPS) is 23.9. The highest BCUT2D eigenvalue weighted by Crippen LogP contribution is 2.35. The molecular weight excluding hydrogens is 212 g/mol. The maximum absolute atomic E-state index is 11.9. The van der Waals surface area contributed by atoms with Crippen molar-refractivity contribution in [3.8, 4) is 0 Å². The molecule has 3 heteroatoms. The van der Waals surface area contributed by atoms with Crippen LogP contribution in [0, 0.1) is 5.92 Å². The Hall–Kier alpha value is -1.35. The second-order valence-corrected chi connectivity index (χ2v) is 4.98. The van der Waals surface area contributed by atoms with Crippen molar-refractivity contribution in [2.75, 3.05) is 13.1 Å². The van der Waals surface area contributed by atoms with Crippen molar-refractivity contribution in [1.29, 1.82) is 0 Å². The van der Waals surface area contributed by atoms with Gasteiger partial charge in [-0.15, -0.1) is 0 Å². The number of carbonyl (C=O) groups is 1. The summed E-state index contributed by atoms with van der Waals surface area (Å²) in [4.78, 5) is 11.9. The van der Waals surface area contributed by atoms with Crippen LogP contribution < -0.4 is 11.1 Å². The largest absolute Gasteiger partial charge is 0.369 e. The second-order valence-electron chi connectivity index (χ2n) is 4.98. The van der Waals surface area contributed by atoms with Gasteiger partial charge in [0.15, 0.2) is 0 Å². The predicted octanol–water partition coefficient (Wildman–Crippen LogP) is 1.43. The summed E-state index contributed by atoms with van der Waals surface area (Å²) < 4.78 is 0. The number of piperidine rings is 1. The van der Waals surface area contributed by atoms with E-state index in [1.165, 1.54) is 0 Å². The average Bonchev–Trinajstić information content (AvgIpc) is 2.39. The predicted molar refractivity (Wildman–Crippen MR) is 68.6 cm³/mol. The van der Waals surface area contributed by atoms with E-state index >= 15 is 0 Å². The number of amides is 1. The smallest absolute Gasteiger partial charge is 0.228 e. The highest BCUT2D eigenvalue weighted by molar-refractivity contribution is 5.86. The first-order chi connectivity index (χ1) is 8.15. The first-order valence-corrected chi connectivity index (χ1v) is 6.22. The third-order valence-corrected chi connectivity index (χ3v) is 4.00. The fourth-order valence-electron chi connectivity index (χ4n) is 2.71. The summed E-state index contributed by atoms with van der Waals surface area (Å²) in [7, 11) is 0. The molecule has 1 amide bonds. The molecule has 0 radical (unpaired) electrons. The zero-order valence-corrected chi connectivity index (χ0v) is 10.3. The fraction of sp³-hybridized carbons (Fsp3) is 0.500. The Bertz CT molecular complexity index is 384. The molecule has 0 saturated carbocycles. The lowest BCUT2D eigenvalue weighted by atomic mass is 9.68. The average molecular weight is 232 g/mol. The zero-order chi connectivity index (χ0) is 12.3. The van der Waals surface area contributed by atoms with Gasteiger partial charge < -0.3 is 11.1 Å². The standard InChI is InChI=1S/C14H20N2O/c1-14(13(15)17,11-6-3-2-4-7-11)12-8-5-9-16-10-12/h2-4,6-7,12,16H,5,8-10H2,1H3,(H2,15,17). The maximum Gasteiger partial charge on any atom is 0.228 e. The monoisotopic (exact) mass is 232 g/mol. The lowest BCUT2D eigenvalue weighted by Crippen LogP contribution is -2.50. The van der Waals surface area contributed by atoms with E-state index in [2.05, 4.69) is 5.32 Å². The fourth-order valence-corrected chi connectivity index (χ4v) is 2.71. The number of carbonyl (C=O) groups excluding carboxylic acids is 1. The van der Waals surface area contributed by atoms with Crippen molar-refractivity contribution in [1.82, 2.24) is 5.32 Å². The van der Waals surface area contributed by atoms with Crippen molar-refractivity contribution in [3.63, 3.8) is 0 Å². The summed E-state index contributed by atoms with van der Waals surface area (Å²) in [6, 6.07) is 9.89. The molecule has 3 N–H and O–H groups in total. The van der Waals surface area contributed by atoms with Gasteiger partial charge in [0.1, 0.15) is 0 Å². The van der Waals surface area contributed by atoms with E-state index in [1.807, 2.05) is 37.3 Å². The van der Waals surface area contributed by atoms with Crippen molar-refractivity contribution in [2.24, 2.45) is 11.7 Å². The van der Waals surface area contributed by atoms with Crippen LogP contribution in [0.15, 0.2) is 30.3 Å².